The fourth-order valence-corrected chi connectivity index (χ4v) is 4.22. The number of carbonyl (C=O) groups excluding carboxylic acids is 1. The van der Waals surface area contributed by atoms with Gasteiger partial charge in [0, 0.05) is 20.6 Å². The lowest BCUT2D eigenvalue weighted by molar-refractivity contribution is 0.0458. The summed E-state index contributed by atoms with van der Waals surface area (Å²) in [6.07, 6.45) is 0. The molecule has 0 saturated heterocycles. The van der Waals surface area contributed by atoms with E-state index >= 15 is 0 Å². The van der Waals surface area contributed by atoms with Crippen LogP contribution < -0.4 is 0 Å². The molecular formula is C21H25N3O4S. The Bertz CT molecular complexity index is 1160. The molecule has 29 heavy (non-hydrogen) atoms. The Kier molecular flexibility index (Phi) is 5.77. The first-order valence-corrected chi connectivity index (χ1v) is 10.7. The van der Waals surface area contributed by atoms with Crippen molar-refractivity contribution in [3.63, 3.8) is 0 Å². The third kappa shape index (κ3) is 4.18. The summed E-state index contributed by atoms with van der Waals surface area (Å²) in [5.74, 6) is 0.155. The van der Waals surface area contributed by atoms with Gasteiger partial charge in [-0.3, -0.25) is 0 Å². The molecule has 3 rings (SSSR count). The summed E-state index contributed by atoms with van der Waals surface area (Å²) in [5, 5.41) is 0. The molecule has 0 saturated carbocycles. The SMILES string of the molecule is CCn1c(COC(=O)c2cc(C)cc(C)c2)nc2cc(S(=O)(=O)N(C)C)ccc21. The maximum absolute atomic E-state index is 12.5. The highest BCUT2D eigenvalue weighted by Crippen LogP contribution is 2.23. The van der Waals surface area contributed by atoms with Crippen molar-refractivity contribution in [2.45, 2.75) is 38.8 Å². The first kappa shape index (κ1) is 21.0. The predicted molar refractivity (Wildman–Crippen MR) is 111 cm³/mol. The van der Waals surface area contributed by atoms with E-state index in [4.69, 9.17) is 4.74 Å². The smallest absolute Gasteiger partial charge is 0.338 e. The third-order valence-corrected chi connectivity index (χ3v) is 6.49. The van der Waals surface area contributed by atoms with Gasteiger partial charge in [-0.2, -0.15) is 0 Å². The second-order valence-corrected chi connectivity index (χ2v) is 9.31. The van der Waals surface area contributed by atoms with Gasteiger partial charge in [-0.25, -0.2) is 22.5 Å². The number of aryl methyl sites for hydroxylation is 3. The van der Waals surface area contributed by atoms with Crippen LogP contribution in [0.5, 0.6) is 0 Å². The average Bonchev–Trinajstić information content (AvgIpc) is 3.01. The van der Waals surface area contributed by atoms with Crippen LogP contribution in [0.3, 0.4) is 0 Å². The molecular weight excluding hydrogens is 390 g/mol. The van der Waals surface area contributed by atoms with E-state index < -0.39 is 16.0 Å². The number of sulfonamides is 1. The molecule has 0 spiro atoms. The van der Waals surface area contributed by atoms with Crippen molar-refractivity contribution in [2.75, 3.05) is 14.1 Å². The quantitative estimate of drug-likeness (QED) is 0.577. The van der Waals surface area contributed by atoms with Crippen molar-refractivity contribution in [1.82, 2.24) is 13.9 Å². The highest BCUT2D eigenvalue weighted by Gasteiger charge is 2.20. The van der Waals surface area contributed by atoms with Crippen molar-refractivity contribution < 1.29 is 17.9 Å². The summed E-state index contributed by atoms with van der Waals surface area (Å²) in [6.45, 7) is 6.44. The number of benzene rings is 2. The van der Waals surface area contributed by atoms with Crippen LogP contribution in [0.1, 0.15) is 34.2 Å². The fourth-order valence-electron chi connectivity index (χ4n) is 3.30. The zero-order chi connectivity index (χ0) is 21.3. The zero-order valence-electron chi connectivity index (χ0n) is 17.3. The molecule has 0 aliphatic rings. The van der Waals surface area contributed by atoms with Crippen LogP contribution >= 0.6 is 0 Å². The first-order valence-electron chi connectivity index (χ1n) is 9.30. The number of esters is 1. The van der Waals surface area contributed by atoms with E-state index in [-0.39, 0.29) is 11.5 Å². The number of hydrogen-bond donors (Lipinski definition) is 0. The number of nitrogens with zero attached hydrogens (tertiary/aromatic N) is 3. The van der Waals surface area contributed by atoms with Gasteiger partial charge in [-0.1, -0.05) is 17.2 Å². The first-order chi connectivity index (χ1) is 13.6. The van der Waals surface area contributed by atoms with Crippen molar-refractivity contribution in [3.05, 3.63) is 58.9 Å². The zero-order valence-corrected chi connectivity index (χ0v) is 18.1. The van der Waals surface area contributed by atoms with Crippen LogP contribution in [0, 0.1) is 13.8 Å². The van der Waals surface area contributed by atoms with Gasteiger partial charge in [0.05, 0.1) is 21.5 Å². The summed E-state index contributed by atoms with van der Waals surface area (Å²) in [5.41, 5.74) is 3.83. The number of aromatic nitrogens is 2. The maximum Gasteiger partial charge on any atom is 0.338 e. The third-order valence-electron chi connectivity index (χ3n) is 4.68. The second kappa shape index (κ2) is 7.96. The Morgan fingerprint density at radius 2 is 1.76 bits per heavy atom. The van der Waals surface area contributed by atoms with E-state index in [0.29, 0.717) is 23.4 Å². The topological polar surface area (TPSA) is 81.5 Å². The molecule has 0 amide bonds. The van der Waals surface area contributed by atoms with Crippen molar-refractivity contribution in [3.8, 4) is 0 Å². The van der Waals surface area contributed by atoms with Gasteiger partial charge in [0.2, 0.25) is 10.0 Å². The lowest BCUT2D eigenvalue weighted by atomic mass is 10.1. The van der Waals surface area contributed by atoms with E-state index in [1.807, 2.05) is 31.4 Å². The Morgan fingerprint density at radius 3 is 2.34 bits per heavy atom. The average molecular weight is 416 g/mol. The van der Waals surface area contributed by atoms with E-state index in [2.05, 4.69) is 4.98 Å². The van der Waals surface area contributed by atoms with Crippen molar-refractivity contribution in [2.24, 2.45) is 0 Å². The standard InChI is InChI=1S/C21H25N3O4S/c1-6-24-19-8-7-17(29(26,27)23(4)5)12-18(19)22-20(24)13-28-21(25)16-10-14(2)9-15(3)11-16/h7-12H,6,13H2,1-5H3. The molecule has 0 aliphatic carbocycles. The van der Waals surface area contributed by atoms with Crippen LogP contribution in [0.15, 0.2) is 41.3 Å². The molecule has 0 radical (unpaired) electrons. The molecule has 0 unspecified atom stereocenters. The Morgan fingerprint density at radius 1 is 1.10 bits per heavy atom. The summed E-state index contributed by atoms with van der Waals surface area (Å²) < 4.78 is 33.3. The minimum absolute atomic E-state index is 0.00407. The molecule has 154 valence electrons. The molecule has 1 aromatic heterocycles. The summed E-state index contributed by atoms with van der Waals surface area (Å²) in [6, 6.07) is 10.4. The number of hydrogen-bond acceptors (Lipinski definition) is 5. The Balaban J connectivity index is 1.90. The molecule has 0 aliphatic heterocycles. The lowest BCUT2D eigenvalue weighted by Crippen LogP contribution is -2.22. The number of rotatable bonds is 6. The number of fused-ring (bicyclic) bond motifs is 1. The number of imidazole rings is 1. The second-order valence-electron chi connectivity index (χ2n) is 7.16. The van der Waals surface area contributed by atoms with E-state index in [1.165, 1.54) is 14.1 Å². The molecule has 8 heteroatoms. The maximum atomic E-state index is 12.5. The Hall–Kier alpha value is -2.71. The number of carbonyl (C=O) groups is 1. The van der Waals surface area contributed by atoms with Crippen LogP contribution in [-0.2, 0) is 27.9 Å². The molecule has 7 nitrogen and oxygen atoms in total. The summed E-state index contributed by atoms with van der Waals surface area (Å²) in [7, 11) is -0.574. The lowest BCUT2D eigenvalue weighted by Gasteiger charge is -2.11. The molecule has 0 bridgehead atoms. The van der Waals surface area contributed by atoms with E-state index in [9.17, 15) is 13.2 Å². The number of ether oxygens (including phenoxy) is 1. The van der Waals surface area contributed by atoms with Crippen LogP contribution in [0.4, 0.5) is 0 Å². The van der Waals surface area contributed by atoms with Gasteiger partial charge < -0.3 is 9.30 Å². The summed E-state index contributed by atoms with van der Waals surface area (Å²) in [4.78, 5) is 17.1. The molecule has 0 N–H and O–H groups in total. The van der Waals surface area contributed by atoms with Gasteiger partial charge in [0.1, 0.15) is 12.4 Å². The van der Waals surface area contributed by atoms with E-state index in [1.54, 1.807) is 30.3 Å². The molecule has 0 atom stereocenters. The van der Waals surface area contributed by atoms with Crippen LogP contribution in [0.25, 0.3) is 11.0 Å². The highest BCUT2D eigenvalue weighted by molar-refractivity contribution is 7.89. The monoisotopic (exact) mass is 415 g/mol. The van der Waals surface area contributed by atoms with Gasteiger partial charge in [0.25, 0.3) is 0 Å². The van der Waals surface area contributed by atoms with Crippen LogP contribution in [-0.4, -0.2) is 42.3 Å². The van der Waals surface area contributed by atoms with Crippen molar-refractivity contribution >= 4 is 27.0 Å². The van der Waals surface area contributed by atoms with Gasteiger partial charge in [-0.15, -0.1) is 0 Å². The minimum atomic E-state index is -3.55. The molecule has 3 aromatic rings. The van der Waals surface area contributed by atoms with E-state index in [0.717, 1.165) is 20.9 Å². The fraction of sp³-hybridized carbons (Fsp3) is 0.333. The largest absolute Gasteiger partial charge is 0.454 e. The Labute approximate surface area is 171 Å². The van der Waals surface area contributed by atoms with Crippen molar-refractivity contribution in [1.29, 1.82) is 0 Å². The minimum Gasteiger partial charge on any atom is -0.454 e. The van der Waals surface area contributed by atoms with Gasteiger partial charge >= 0.3 is 5.97 Å². The van der Waals surface area contributed by atoms with Gasteiger partial charge in [-0.05, 0) is 51.1 Å². The summed E-state index contributed by atoms with van der Waals surface area (Å²) >= 11 is 0. The van der Waals surface area contributed by atoms with Crippen LogP contribution in [0.2, 0.25) is 0 Å². The predicted octanol–water partition coefficient (Wildman–Crippen LogP) is 3.28. The molecule has 2 aromatic carbocycles. The molecule has 0 fully saturated rings. The molecule has 1 heterocycles. The normalized spacial score (nSPS) is 11.9. The van der Waals surface area contributed by atoms with Gasteiger partial charge in [0.15, 0.2) is 0 Å². The highest BCUT2D eigenvalue weighted by atomic mass is 32.2.